The summed E-state index contributed by atoms with van der Waals surface area (Å²) in [6.45, 7) is 4.54. The van der Waals surface area contributed by atoms with Crippen LogP contribution < -0.4 is 0 Å². The Morgan fingerprint density at radius 2 is 1.91 bits per heavy atom. The van der Waals surface area contributed by atoms with Gasteiger partial charge in [-0.1, -0.05) is 13.8 Å². The summed E-state index contributed by atoms with van der Waals surface area (Å²) in [4.78, 5) is 0. The van der Waals surface area contributed by atoms with Gasteiger partial charge in [0, 0.05) is 14.5 Å². The van der Waals surface area contributed by atoms with Crippen molar-refractivity contribution in [2.75, 3.05) is 13.1 Å². The molecule has 1 rings (SSSR count). The van der Waals surface area contributed by atoms with Crippen LogP contribution in [0.15, 0.2) is 0 Å². The number of nitrogens with zero attached hydrogens (tertiary/aromatic N) is 1. The first-order valence-corrected chi connectivity index (χ1v) is 5.41. The molecule has 0 aliphatic heterocycles. The van der Waals surface area contributed by atoms with E-state index in [1.807, 2.05) is 0 Å². The van der Waals surface area contributed by atoms with Crippen LogP contribution in [0.5, 0.6) is 0 Å². The van der Waals surface area contributed by atoms with E-state index in [2.05, 4.69) is 0 Å². The highest BCUT2D eigenvalue weighted by Crippen LogP contribution is 2.30. The van der Waals surface area contributed by atoms with Gasteiger partial charge in [0.25, 0.3) is 0 Å². The molecule has 0 unspecified atom stereocenters. The Labute approximate surface area is 69.8 Å². The minimum absolute atomic E-state index is 0.472. The van der Waals surface area contributed by atoms with Gasteiger partial charge in [0.2, 0.25) is 10.0 Å². The molecular weight excluding hydrogens is 162 g/mol. The van der Waals surface area contributed by atoms with Gasteiger partial charge in [-0.15, -0.1) is 0 Å². The zero-order valence-corrected chi connectivity index (χ0v) is 7.82. The lowest BCUT2D eigenvalue weighted by atomic mass is 10.7. The maximum Gasteiger partial charge on any atom is 0.216 e. The number of hydrogen-bond donors (Lipinski definition) is 0. The van der Waals surface area contributed by atoms with Crippen molar-refractivity contribution in [2.24, 2.45) is 0 Å². The molecule has 0 heterocycles. The Morgan fingerprint density at radius 3 is 2.18 bits per heavy atom. The largest absolute Gasteiger partial charge is 0.216 e. The van der Waals surface area contributed by atoms with E-state index in [-0.39, 0.29) is 0 Å². The summed E-state index contributed by atoms with van der Waals surface area (Å²) in [6, 6.07) is 0. The first kappa shape index (κ1) is 7.55. The molecule has 11 heavy (non-hydrogen) atoms. The van der Waals surface area contributed by atoms with Crippen LogP contribution in [0.3, 0.4) is 0 Å². The van der Waals surface area contributed by atoms with Crippen LogP contribution in [-0.4, -0.2) is 31.0 Å². The quantitative estimate of drug-likeness (QED) is 0.639. The zero-order chi connectivity index (χ0) is 9.41. The molecule has 4 heteroatoms. The predicted octanol–water partition coefficient (Wildman–Crippen LogP) is 0.820. The maximum absolute atomic E-state index is 11.6. The van der Waals surface area contributed by atoms with Crippen molar-refractivity contribution in [1.29, 1.82) is 0 Å². The highest BCUT2D eigenvalue weighted by molar-refractivity contribution is 7.90. The molecule has 0 atom stereocenters. The van der Waals surface area contributed by atoms with Crippen LogP contribution in [0, 0.1) is 0 Å². The van der Waals surface area contributed by atoms with Gasteiger partial charge in [-0.3, -0.25) is 0 Å². The summed E-state index contributed by atoms with van der Waals surface area (Å²) in [5.41, 5.74) is 0. The van der Waals surface area contributed by atoms with Gasteiger partial charge in [0.15, 0.2) is 0 Å². The van der Waals surface area contributed by atoms with Gasteiger partial charge in [0.1, 0.15) is 0 Å². The van der Waals surface area contributed by atoms with Crippen molar-refractivity contribution in [3.8, 4) is 0 Å². The van der Waals surface area contributed by atoms with E-state index < -0.39 is 15.2 Å². The molecule has 1 aliphatic carbocycles. The molecule has 66 valence electrons. The Kier molecular flexibility index (Phi) is 2.13. The smallest absolute Gasteiger partial charge is 0.212 e. The summed E-state index contributed by atoms with van der Waals surface area (Å²) in [5, 5.41) is -1.18. The molecule has 0 bridgehead atoms. The average Bonchev–Trinajstić information content (AvgIpc) is 2.71. The third-order valence-electron chi connectivity index (χ3n) is 1.86. The number of sulfonamides is 1. The normalized spacial score (nSPS) is 23.4. The Balaban J connectivity index is 2.84. The maximum atomic E-state index is 11.6. The Bertz CT molecular complexity index is 255. The SMILES string of the molecule is [2H]C1(S(=O)(=O)N(CC)CC)CC1. The van der Waals surface area contributed by atoms with E-state index in [4.69, 9.17) is 1.37 Å². The van der Waals surface area contributed by atoms with Gasteiger partial charge in [-0.05, 0) is 12.8 Å². The van der Waals surface area contributed by atoms with E-state index in [9.17, 15) is 8.42 Å². The van der Waals surface area contributed by atoms with E-state index >= 15 is 0 Å². The zero-order valence-electron chi connectivity index (χ0n) is 8.00. The van der Waals surface area contributed by atoms with Crippen molar-refractivity contribution < 1.29 is 9.79 Å². The van der Waals surface area contributed by atoms with E-state index in [1.54, 1.807) is 13.8 Å². The Hall–Kier alpha value is -0.0900. The van der Waals surface area contributed by atoms with Crippen molar-refractivity contribution in [3.63, 3.8) is 0 Å². The van der Waals surface area contributed by atoms with E-state index in [0.717, 1.165) is 0 Å². The number of hydrogen-bond acceptors (Lipinski definition) is 2. The molecular formula is C7H15NO2S. The second kappa shape index (κ2) is 3.11. The summed E-state index contributed by atoms with van der Waals surface area (Å²) in [7, 11) is -3.33. The van der Waals surface area contributed by atoms with Crippen LogP contribution in [0.4, 0.5) is 0 Å². The van der Waals surface area contributed by atoms with Crippen LogP contribution in [0.25, 0.3) is 0 Å². The van der Waals surface area contributed by atoms with Gasteiger partial charge in [-0.2, -0.15) is 0 Å². The molecule has 1 fully saturated rings. The number of rotatable bonds is 4. The monoisotopic (exact) mass is 178 g/mol. The van der Waals surface area contributed by atoms with Crippen LogP contribution in [0.2, 0.25) is 0 Å². The second-order valence-electron chi connectivity index (χ2n) is 2.63. The van der Waals surface area contributed by atoms with Gasteiger partial charge in [0.05, 0.1) is 5.23 Å². The average molecular weight is 178 g/mol. The molecule has 1 aliphatic rings. The summed E-state index contributed by atoms with van der Waals surface area (Å²) in [5.74, 6) is 0. The van der Waals surface area contributed by atoms with Crippen molar-refractivity contribution in [2.45, 2.75) is 31.9 Å². The third kappa shape index (κ3) is 1.73. The molecule has 0 amide bonds. The van der Waals surface area contributed by atoms with Crippen LogP contribution in [0.1, 0.15) is 28.1 Å². The van der Waals surface area contributed by atoms with Crippen molar-refractivity contribution in [3.05, 3.63) is 0 Å². The van der Waals surface area contributed by atoms with E-state index in [1.165, 1.54) is 4.31 Å². The molecule has 0 N–H and O–H groups in total. The fourth-order valence-electron chi connectivity index (χ4n) is 1.06. The fraction of sp³-hybridized carbons (Fsp3) is 1.00. The first-order valence-electron chi connectivity index (χ1n) is 4.47. The van der Waals surface area contributed by atoms with Crippen LogP contribution in [-0.2, 0) is 10.0 Å². The van der Waals surface area contributed by atoms with Crippen molar-refractivity contribution >= 4 is 10.0 Å². The lowest BCUT2D eigenvalue weighted by Gasteiger charge is -2.17. The molecule has 3 nitrogen and oxygen atoms in total. The molecule has 0 saturated heterocycles. The molecule has 0 radical (unpaired) electrons. The van der Waals surface area contributed by atoms with Gasteiger partial charge < -0.3 is 0 Å². The molecule has 0 aromatic heterocycles. The molecule has 0 spiro atoms. The standard InChI is InChI=1S/C7H15NO2S/c1-3-8(4-2)11(9,10)7-5-6-7/h7H,3-6H2,1-2H3/i7D. The minimum atomic E-state index is -3.33. The summed E-state index contributed by atoms with van der Waals surface area (Å²) >= 11 is 0. The third-order valence-corrected chi connectivity index (χ3v) is 4.20. The predicted molar refractivity (Wildman–Crippen MR) is 44.9 cm³/mol. The highest BCUT2D eigenvalue weighted by atomic mass is 32.2. The highest BCUT2D eigenvalue weighted by Gasteiger charge is 2.38. The lowest BCUT2D eigenvalue weighted by Crippen LogP contribution is -2.33. The summed E-state index contributed by atoms with van der Waals surface area (Å²) < 4.78 is 32.2. The van der Waals surface area contributed by atoms with E-state index in [0.29, 0.717) is 25.9 Å². The fourth-order valence-corrected chi connectivity index (χ4v) is 2.72. The lowest BCUT2D eigenvalue weighted by molar-refractivity contribution is 0.444. The first-order chi connectivity index (χ1) is 5.48. The molecule has 1 saturated carbocycles. The van der Waals surface area contributed by atoms with Gasteiger partial charge in [-0.25, -0.2) is 12.7 Å². The van der Waals surface area contributed by atoms with Gasteiger partial charge >= 0.3 is 0 Å². The van der Waals surface area contributed by atoms with Crippen molar-refractivity contribution in [1.82, 2.24) is 4.31 Å². The summed E-state index contributed by atoms with van der Waals surface area (Å²) in [6.07, 6.45) is 0.984. The minimum Gasteiger partial charge on any atom is -0.212 e. The topological polar surface area (TPSA) is 37.4 Å². The molecule has 0 aromatic rings. The Morgan fingerprint density at radius 1 is 1.45 bits per heavy atom. The molecule has 0 aromatic carbocycles. The second-order valence-corrected chi connectivity index (χ2v) is 4.67. The van der Waals surface area contributed by atoms with Crippen LogP contribution >= 0.6 is 0 Å².